The zero-order chi connectivity index (χ0) is 35.7. The van der Waals surface area contributed by atoms with Crippen molar-refractivity contribution in [3.8, 4) is 0 Å². The van der Waals surface area contributed by atoms with Crippen LogP contribution in [0.15, 0.2) is 86.0 Å². The van der Waals surface area contributed by atoms with Crippen molar-refractivity contribution in [2.24, 2.45) is 11.8 Å². The van der Waals surface area contributed by atoms with E-state index in [9.17, 15) is 24.3 Å². The topological polar surface area (TPSA) is 125 Å². The summed E-state index contributed by atoms with van der Waals surface area (Å²) in [6, 6.07) is 17.3. The summed E-state index contributed by atoms with van der Waals surface area (Å²) in [6.45, 7) is 8.50. The van der Waals surface area contributed by atoms with Gasteiger partial charge in [0.15, 0.2) is 0 Å². The lowest BCUT2D eigenvalue weighted by Crippen LogP contribution is -2.57. The number of unbranched alkanes of at least 4 members (excludes halogenated alkanes) is 3. The van der Waals surface area contributed by atoms with Crippen molar-refractivity contribution in [3.05, 3.63) is 97.1 Å². The number of benzene rings is 2. The van der Waals surface area contributed by atoms with Gasteiger partial charge in [0.1, 0.15) is 18.2 Å². The zero-order valence-electron chi connectivity index (χ0n) is 28.5. The maximum absolute atomic E-state index is 14.7. The van der Waals surface area contributed by atoms with Crippen LogP contribution in [0.4, 0.5) is 0 Å². The first-order valence-electron chi connectivity index (χ1n) is 17.5. The monoisotopic (exact) mass is 749 g/mol. The van der Waals surface area contributed by atoms with Crippen molar-refractivity contribution >= 4 is 39.6 Å². The summed E-state index contributed by atoms with van der Waals surface area (Å²) in [5.41, 5.74) is 0.485. The molecule has 7 atom stereocenters. The molecule has 0 radical (unpaired) electrons. The Balaban J connectivity index is 1.44. The van der Waals surface area contributed by atoms with Crippen LogP contribution in [0.1, 0.15) is 62.1 Å². The predicted octanol–water partition coefficient (Wildman–Crippen LogP) is 4.87. The fourth-order valence-electron chi connectivity index (χ4n) is 7.70. The Bertz CT molecular complexity index is 1510. The summed E-state index contributed by atoms with van der Waals surface area (Å²) < 4.78 is 12.3. The molecule has 0 aliphatic carbocycles. The summed E-state index contributed by atoms with van der Waals surface area (Å²) in [7, 11) is 0. The largest absolute Gasteiger partial charge is 0.463 e. The minimum atomic E-state index is -1.21. The molecule has 3 fully saturated rings. The van der Waals surface area contributed by atoms with Crippen LogP contribution < -0.4 is 5.32 Å². The van der Waals surface area contributed by atoms with Gasteiger partial charge in [0.2, 0.25) is 17.7 Å². The molecule has 5 rings (SSSR count). The van der Waals surface area contributed by atoms with Gasteiger partial charge < -0.3 is 29.7 Å². The maximum atomic E-state index is 14.7. The number of ether oxygens (including phenoxy) is 2. The minimum Gasteiger partial charge on any atom is -0.463 e. The lowest BCUT2D eigenvalue weighted by atomic mass is 9.70. The van der Waals surface area contributed by atoms with Crippen LogP contribution in [-0.2, 0) is 35.2 Å². The Labute approximate surface area is 303 Å². The highest BCUT2D eigenvalue weighted by Gasteiger charge is 2.76. The van der Waals surface area contributed by atoms with Crippen LogP contribution in [0.3, 0.4) is 0 Å². The number of rotatable bonds is 19. The van der Waals surface area contributed by atoms with E-state index in [1.54, 1.807) is 22.0 Å². The number of carbonyl (C=O) groups excluding carboxylic acids is 4. The van der Waals surface area contributed by atoms with Gasteiger partial charge in [-0.15, -0.1) is 13.2 Å². The van der Waals surface area contributed by atoms with Crippen molar-refractivity contribution in [1.82, 2.24) is 15.1 Å². The van der Waals surface area contributed by atoms with E-state index in [0.29, 0.717) is 38.8 Å². The van der Waals surface area contributed by atoms with Crippen LogP contribution in [0, 0.1) is 11.8 Å². The van der Waals surface area contributed by atoms with Gasteiger partial charge in [-0.25, -0.2) is 0 Å². The average Bonchev–Trinajstić information content (AvgIpc) is 3.72. The molecule has 3 amide bonds. The van der Waals surface area contributed by atoms with E-state index < -0.39 is 47.5 Å². The number of nitrogens with zero attached hydrogens (tertiary/aromatic N) is 2. The third kappa shape index (κ3) is 8.05. The molecule has 50 heavy (non-hydrogen) atoms. The van der Waals surface area contributed by atoms with E-state index in [0.717, 1.165) is 24.0 Å². The van der Waals surface area contributed by atoms with Crippen molar-refractivity contribution in [2.75, 3.05) is 26.3 Å². The summed E-state index contributed by atoms with van der Waals surface area (Å²) in [5.74, 6) is -3.04. The number of esters is 1. The van der Waals surface area contributed by atoms with Gasteiger partial charge >= 0.3 is 5.97 Å². The van der Waals surface area contributed by atoms with Gasteiger partial charge in [0.25, 0.3) is 0 Å². The molecule has 1 unspecified atom stereocenters. The second-order valence-electron chi connectivity index (χ2n) is 13.3. The highest BCUT2D eigenvalue weighted by molar-refractivity contribution is 9.09. The molecule has 1 spiro atoms. The van der Waals surface area contributed by atoms with E-state index >= 15 is 0 Å². The first-order valence-corrected chi connectivity index (χ1v) is 18.5. The van der Waals surface area contributed by atoms with Crippen LogP contribution in [0.2, 0.25) is 0 Å². The Morgan fingerprint density at radius 1 is 1.06 bits per heavy atom. The van der Waals surface area contributed by atoms with Gasteiger partial charge in [-0.2, -0.15) is 0 Å². The third-order valence-electron chi connectivity index (χ3n) is 9.99. The first kappa shape index (κ1) is 37.5. The van der Waals surface area contributed by atoms with Crippen LogP contribution >= 0.6 is 15.9 Å². The van der Waals surface area contributed by atoms with Crippen LogP contribution in [-0.4, -0.2) is 87.5 Å². The quantitative estimate of drug-likeness (QED) is 0.0909. The predicted molar refractivity (Wildman–Crippen MR) is 193 cm³/mol. The lowest BCUT2D eigenvalue weighted by Gasteiger charge is -2.37. The first-order chi connectivity index (χ1) is 24.2. The number of aliphatic hydroxyl groups is 1. The Kier molecular flexibility index (Phi) is 13.0. The molecule has 3 aliphatic heterocycles. The number of allylic oxidation sites excluding steroid dienone is 1. The molecule has 0 aromatic heterocycles. The van der Waals surface area contributed by atoms with E-state index in [-0.39, 0.29) is 42.8 Å². The SMILES string of the molecule is C=CCCC(=O)OC[C@H](NC(=O)[C@H]1[C@@H]2O[C@@]3(CC2Br)[C@@H]1C(=O)N(CCCCCCO)[C@@H]3C(=O)N(CC=C)Cc1ccccc1)c1ccccc1. The molecule has 0 saturated carbocycles. The molecule has 2 aromatic rings. The molecule has 2 bridgehead atoms. The normalized spacial score (nSPS) is 25.5. The molecular formula is C39H48BrN3O7. The zero-order valence-corrected chi connectivity index (χ0v) is 30.0. The molecule has 268 valence electrons. The van der Waals surface area contributed by atoms with Gasteiger partial charge in [0, 0.05) is 37.5 Å². The number of amides is 3. The number of alkyl halides is 1. The Morgan fingerprint density at radius 3 is 2.44 bits per heavy atom. The van der Waals surface area contributed by atoms with Gasteiger partial charge in [-0.1, -0.05) is 102 Å². The number of hydrogen-bond acceptors (Lipinski definition) is 7. The fraction of sp³-hybridized carbons (Fsp3) is 0.487. The summed E-state index contributed by atoms with van der Waals surface area (Å²) in [6.07, 6.45) is 6.63. The minimum absolute atomic E-state index is 0.0808. The van der Waals surface area contributed by atoms with Crippen molar-refractivity contribution in [1.29, 1.82) is 0 Å². The standard InChI is InChI=1S/C39H48BrN3O7/c1-3-5-20-31(45)49-26-30(28-18-12-9-13-19-28)41-36(46)32-33-37(47)43(22-14-6-7-15-23-44)35(39(33)24-29(40)34(32)50-39)38(48)42(21-4-2)25-27-16-10-8-11-17-27/h3-4,8-13,16-19,29-30,32-35,44H,1-2,5-7,14-15,20-26H2,(H,41,46)/t29?,30-,32+,33-,34+,35+,39-/m0/s1. The maximum Gasteiger partial charge on any atom is 0.306 e. The van der Waals surface area contributed by atoms with Crippen LogP contribution in [0.25, 0.3) is 0 Å². The van der Waals surface area contributed by atoms with E-state index in [2.05, 4.69) is 34.4 Å². The average molecular weight is 751 g/mol. The van der Waals surface area contributed by atoms with Crippen molar-refractivity contribution in [2.45, 2.75) is 80.1 Å². The van der Waals surface area contributed by atoms with Crippen molar-refractivity contribution in [3.63, 3.8) is 0 Å². The van der Waals surface area contributed by atoms with Gasteiger partial charge in [0.05, 0.1) is 24.0 Å². The molecule has 3 heterocycles. The molecule has 2 aromatic carbocycles. The molecule has 2 N–H and O–H groups in total. The highest BCUT2D eigenvalue weighted by Crippen LogP contribution is 2.60. The summed E-state index contributed by atoms with van der Waals surface area (Å²) in [5, 5.41) is 12.4. The van der Waals surface area contributed by atoms with E-state index in [1.165, 1.54) is 0 Å². The molecule has 3 aliphatic rings. The third-order valence-corrected chi connectivity index (χ3v) is 10.8. The Morgan fingerprint density at radius 2 is 1.76 bits per heavy atom. The van der Waals surface area contributed by atoms with E-state index in [1.807, 2.05) is 60.7 Å². The second-order valence-corrected chi connectivity index (χ2v) is 14.5. The molecule has 3 saturated heterocycles. The number of hydrogen-bond donors (Lipinski definition) is 2. The molecular weight excluding hydrogens is 702 g/mol. The van der Waals surface area contributed by atoms with Crippen molar-refractivity contribution < 1.29 is 33.8 Å². The fourth-order valence-corrected chi connectivity index (χ4v) is 8.65. The number of nitrogens with one attached hydrogen (secondary N) is 1. The van der Waals surface area contributed by atoms with Gasteiger partial charge in [-0.3, -0.25) is 19.2 Å². The number of fused-ring (bicyclic) bond motifs is 1. The lowest BCUT2D eigenvalue weighted by molar-refractivity contribution is -0.148. The number of aliphatic hydroxyl groups excluding tert-OH is 1. The number of halogens is 1. The smallest absolute Gasteiger partial charge is 0.306 e. The van der Waals surface area contributed by atoms with Crippen LogP contribution in [0.5, 0.6) is 0 Å². The molecule has 11 heteroatoms. The molecule has 10 nitrogen and oxygen atoms in total. The van der Waals surface area contributed by atoms with Gasteiger partial charge in [-0.05, 0) is 36.8 Å². The number of carbonyl (C=O) groups is 4. The second kappa shape index (κ2) is 17.4. The van der Waals surface area contributed by atoms with E-state index in [4.69, 9.17) is 9.47 Å². The number of likely N-dealkylation sites (tertiary alicyclic amines) is 1. The Hall–Kier alpha value is -3.80. The summed E-state index contributed by atoms with van der Waals surface area (Å²) >= 11 is 3.76. The summed E-state index contributed by atoms with van der Waals surface area (Å²) in [4.78, 5) is 59.2. The highest BCUT2D eigenvalue weighted by atomic mass is 79.9.